The van der Waals surface area contributed by atoms with Crippen LogP contribution in [0.2, 0.25) is 0 Å². The summed E-state index contributed by atoms with van der Waals surface area (Å²) in [6, 6.07) is 8.12. The maximum atomic E-state index is 13.4. The average Bonchev–Trinajstić information content (AvgIpc) is 3.09. The van der Waals surface area contributed by atoms with Crippen molar-refractivity contribution in [3.63, 3.8) is 0 Å². The molecule has 0 spiro atoms. The quantitative estimate of drug-likeness (QED) is 0.172. The van der Waals surface area contributed by atoms with Gasteiger partial charge in [-0.1, -0.05) is 63.1 Å². The number of aliphatic carboxylic acids is 1. The molecule has 270 valence electrons. The zero-order chi connectivity index (χ0) is 34.4. The van der Waals surface area contributed by atoms with Crippen molar-refractivity contribution in [2.75, 3.05) is 6.61 Å². The number of aliphatic hydroxyl groups excluding tert-OH is 5. The molecule has 1 aromatic rings. The highest BCUT2D eigenvalue weighted by atomic mass is 16.7. The molecule has 13 atom stereocenters. The fraction of sp³-hybridized carbons (Fsp3) is 0.765. The van der Waals surface area contributed by atoms with Crippen molar-refractivity contribution in [3.8, 4) is 0 Å². The van der Waals surface area contributed by atoms with Crippen LogP contribution in [0, 0.1) is 5.92 Å². The summed E-state index contributed by atoms with van der Waals surface area (Å²) >= 11 is 0. The highest BCUT2D eigenvalue weighted by Crippen LogP contribution is 2.36. The van der Waals surface area contributed by atoms with E-state index >= 15 is 0 Å². The van der Waals surface area contributed by atoms with Crippen molar-refractivity contribution in [2.24, 2.45) is 5.92 Å². The van der Waals surface area contributed by atoms with Gasteiger partial charge in [0.1, 0.15) is 36.6 Å². The Kier molecular flexibility index (Phi) is 13.2. The number of rotatable bonds is 12. The summed E-state index contributed by atoms with van der Waals surface area (Å²) in [4.78, 5) is 25.9. The summed E-state index contributed by atoms with van der Waals surface area (Å²) in [6.07, 6.45) is -8.97. The first kappa shape index (κ1) is 37.0. The molecule has 0 radical (unpaired) electrons. The molecule has 14 nitrogen and oxygen atoms in total. The van der Waals surface area contributed by atoms with Crippen LogP contribution in [-0.4, -0.2) is 129 Å². The number of carboxylic acid groups (broad SMARTS) is 1. The Morgan fingerprint density at radius 2 is 1.42 bits per heavy atom. The lowest BCUT2D eigenvalue weighted by Crippen LogP contribution is -2.63. The maximum Gasteiger partial charge on any atom is 0.338 e. The Morgan fingerprint density at radius 3 is 2.04 bits per heavy atom. The molecule has 2 heterocycles. The van der Waals surface area contributed by atoms with E-state index in [9.17, 15) is 40.2 Å². The highest BCUT2D eigenvalue weighted by Gasteiger charge is 2.52. The number of ether oxygens (including phenoxy) is 6. The number of hydrogen-bond acceptors (Lipinski definition) is 13. The van der Waals surface area contributed by atoms with E-state index in [1.807, 2.05) is 0 Å². The van der Waals surface area contributed by atoms with Gasteiger partial charge in [-0.2, -0.15) is 0 Å². The van der Waals surface area contributed by atoms with Crippen LogP contribution in [0.25, 0.3) is 0 Å². The third-order valence-corrected chi connectivity index (χ3v) is 9.99. The average molecular weight is 683 g/mol. The summed E-state index contributed by atoms with van der Waals surface area (Å²) in [7, 11) is 0. The second kappa shape index (κ2) is 17.1. The Balaban J connectivity index is 1.40. The molecule has 2 aliphatic carbocycles. The molecule has 2 saturated carbocycles. The predicted octanol–water partition coefficient (Wildman–Crippen LogP) is 1.27. The minimum Gasteiger partial charge on any atom is -0.479 e. The molecule has 0 bridgehead atoms. The molecule has 4 fully saturated rings. The molecule has 2 saturated heterocycles. The molecule has 5 rings (SSSR count). The third kappa shape index (κ3) is 8.91. The predicted molar refractivity (Wildman–Crippen MR) is 165 cm³/mol. The molecule has 14 heteroatoms. The van der Waals surface area contributed by atoms with Gasteiger partial charge in [0, 0.05) is 0 Å². The molecule has 0 aromatic heterocycles. The molecule has 48 heavy (non-hydrogen) atoms. The van der Waals surface area contributed by atoms with Crippen molar-refractivity contribution in [1.29, 1.82) is 0 Å². The first-order valence-corrected chi connectivity index (χ1v) is 17.2. The van der Waals surface area contributed by atoms with Gasteiger partial charge in [-0.05, 0) is 44.2 Å². The second-order valence-electron chi connectivity index (χ2n) is 13.4. The zero-order valence-electron chi connectivity index (χ0n) is 27.2. The number of esters is 1. The fourth-order valence-corrected chi connectivity index (χ4v) is 7.17. The Hall–Kier alpha value is -2.24. The van der Waals surface area contributed by atoms with Crippen molar-refractivity contribution < 1.29 is 68.6 Å². The lowest BCUT2D eigenvalue weighted by atomic mass is 9.85. The summed E-state index contributed by atoms with van der Waals surface area (Å²) in [5.41, 5.74) is 0.197. The standard InChI is InChI=1S/C34H50O14/c1-18-25(36)27(38)28(39)33(43-18)45-21-14-8-9-15-22(21)46-34-30(48-32(42)20-12-6-3-7-13-20)29(26(37)24(17-35)47-34)44-23(31(40)41)16-19-10-4-2-5-11-19/h3,6-7,12-13,18-19,21-30,33-39H,2,4-5,8-11,14-17H2,1H3,(H,40,41)/t18?,21-,22-,23+,24+,25-,26+,27+,28?,29?,30?,33+,34-/m1/s1. The van der Waals surface area contributed by atoms with E-state index < -0.39 is 98.3 Å². The number of hydrogen-bond donors (Lipinski definition) is 6. The van der Waals surface area contributed by atoms with E-state index in [1.165, 1.54) is 0 Å². The van der Waals surface area contributed by atoms with Crippen molar-refractivity contribution >= 4 is 11.9 Å². The van der Waals surface area contributed by atoms with E-state index in [1.54, 1.807) is 37.3 Å². The van der Waals surface area contributed by atoms with Gasteiger partial charge in [0.05, 0.1) is 30.5 Å². The van der Waals surface area contributed by atoms with Gasteiger partial charge in [-0.15, -0.1) is 0 Å². The van der Waals surface area contributed by atoms with E-state index in [-0.39, 0.29) is 17.9 Å². The smallest absolute Gasteiger partial charge is 0.338 e. The molecule has 4 aliphatic rings. The van der Waals surface area contributed by atoms with Crippen molar-refractivity contribution in [1.82, 2.24) is 0 Å². The van der Waals surface area contributed by atoms with Crippen molar-refractivity contribution in [2.45, 2.75) is 151 Å². The van der Waals surface area contributed by atoms with Gasteiger partial charge < -0.3 is 59.1 Å². The summed E-state index contributed by atoms with van der Waals surface area (Å²) in [6.45, 7) is 0.886. The van der Waals surface area contributed by atoms with Crippen LogP contribution in [0.3, 0.4) is 0 Å². The summed E-state index contributed by atoms with van der Waals surface area (Å²) < 4.78 is 36.2. The largest absolute Gasteiger partial charge is 0.479 e. The lowest BCUT2D eigenvalue weighted by Gasteiger charge is -2.46. The number of carboxylic acids is 1. The Bertz CT molecular complexity index is 1160. The Labute approximate surface area is 279 Å². The van der Waals surface area contributed by atoms with Gasteiger partial charge in [-0.25, -0.2) is 9.59 Å². The molecule has 6 N–H and O–H groups in total. The summed E-state index contributed by atoms with van der Waals surface area (Å²) in [5, 5.41) is 62.7. The topological polar surface area (TPSA) is 211 Å². The molecule has 2 aliphatic heterocycles. The molecular formula is C34H50O14. The minimum atomic E-state index is -1.57. The second-order valence-corrected chi connectivity index (χ2v) is 13.4. The van der Waals surface area contributed by atoms with Gasteiger partial charge in [0.25, 0.3) is 0 Å². The molecule has 0 amide bonds. The molecule has 4 unspecified atom stereocenters. The molecular weight excluding hydrogens is 632 g/mol. The van der Waals surface area contributed by atoms with Crippen LogP contribution in [0.1, 0.15) is 81.5 Å². The van der Waals surface area contributed by atoms with Crippen LogP contribution in [0.15, 0.2) is 30.3 Å². The number of carbonyl (C=O) groups excluding carboxylic acids is 1. The number of carbonyl (C=O) groups is 2. The van der Waals surface area contributed by atoms with Gasteiger partial charge >= 0.3 is 11.9 Å². The van der Waals surface area contributed by atoms with Gasteiger partial charge in [-0.3, -0.25) is 0 Å². The van der Waals surface area contributed by atoms with Crippen LogP contribution < -0.4 is 0 Å². The van der Waals surface area contributed by atoms with Gasteiger partial charge in [0.15, 0.2) is 24.8 Å². The zero-order valence-corrected chi connectivity index (χ0v) is 27.2. The number of aliphatic hydroxyl groups is 5. The van der Waals surface area contributed by atoms with E-state index in [0.29, 0.717) is 12.8 Å². The first-order chi connectivity index (χ1) is 23.1. The monoisotopic (exact) mass is 682 g/mol. The van der Waals surface area contributed by atoms with E-state index in [4.69, 9.17) is 28.4 Å². The SMILES string of the molecule is CC1O[C@@H](O[C@@H]2CCCC[C@H]2O[C@@H]2O[C@@H](CO)[C@H](O)C(O[C@@H](CC3CCCCC3)C(=O)O)C2OC(=O)c2ccccc2)C(O)[C@@H](O)[C@@H]1O. The minimum absolute atomic E-state index is 0.114. The maximum absolute atomic E-state index is 13.4. The fourth-order valence-electron chi connectivity index (χ4n) is 7.17. The normalized spacial score (nSPS) is 38.6. The van der Waals surface area contributed by atoms with Gasteiger partial charge in [0.2, 0.25) is 0 Å². The lowest BCUT2D eigenvalue weighted by molar-refractivity contribution is -0.344. The summed E-state index contributed by atoms with van der Waals surface area (Å²) in [5.74, 6) is -1.89. The van der Waals surface area contributed by atoms with E-state index in [2.05, 4.69) is 0 Å². The number of benzene rings is 1. The van der Waals surface area contributed by atoms with Crippen LogP contribution in [0.4, 0.5) is 0 Å². The van der Waals surface area contributed by atoms with Crippen molar-refractivity contribution in [3.05, 3.63) is 35.9 Å². The highest BCUT2D eigenvalue weighted by molar-refractivity contribution is 5.89. The van der Waals surface area contributed by atoms with Crippen LogP contribution in [0.5, 0.6) is 0 Å². The van der Waals surface area contributed by atoms with E-state index in [0.717, 1.165) is 44.9 Å². The van der Waals surface area contributed by atoms with Crippen LogP contribution in [-0.2, 0) is 33.2 Å². The Morgan fingerprint density at radius 1 is 0.792 bits per heavy atom. The third-order valence-electron chi connectivity index (χ3n) is 9.99. The molecule has 1 aromatic carbocycles. The first-order valence-electron chi connectivity index (χ1n) is 17.2. The van der Waals surface area contributed by atoms with Crippen LogP contribution >= 0.6 is 0 Å².